The van der Waals surface area contributed by atoms with E-state index in [-0.39, 0.29) is 12.5 Å². The van der Waals surface area contributed by atoms with Crippen LogP contribution in [-0.2, 0) is 4.79 Å². The zero-order valence-corrected chi connectivity index (χ0v) is 12.6. The molecule has 0 saturated heterocycles. The minimum absolute atomic E-state index is 0.0745. The van der Waals surface area contributed by atoms with Crippen LogP contribution in [0, 0.1) is 11.3 Å². The fourth-order valence-electron chi connectivity index (χ4n) is 1.83. The average Bonchev–Trinajstić information content (AvgIpc) is 2.60. The van der Waals surface area contributed by atoms with E-state index in [4.69, 9.17) is 10.00 Å². The molecule has 0 spiro atoms. The highest BCUT2D eigenvalue weighted by molar-refractivity contribution is 5.84. The van der Waals surface area contributed by atoms with Crippen molar-refractivity contribution >= 4 is 17.8 Å². The largest absolute Gasteiger partial charge is 0.495 e. The van der Waals surface area contributed by atoms with Gasteiger partial charge in [0.1, 0.15) is 5.75 Å². The molecule has 2 N–H and O–H groups in total. The molecule has 0 aliphatic carbocycles. The molecule has 1 amide bonds. The molecule has 23 heavy (non-hydrogen) atoms. The van der Waals surface area contributed by atoms with Crippen molar-refractivity contribution in [2.45, 2.75) is 0 Å². The number of amides is 1. The number of benzene rings is 2. The fraction of sp³-hybridized carbons (Fsp3) is 0.118. The van der Waals surface area contributed by atoms with E-state index in [1.54, 1.807) is 31.4 Å². The van der Waals surface area contributed by atoms with Crippen molar-refractivity contribution in [3.05, 3.63) is 59.7 Å². The van der Waals surface area contributed by atoms with Crippen molar-refractivity contribution in [1.82, 2.24) is 5.43 Å². The Balaban J connectivity index is 1.82. The summed E-state index contributed by atoms with van der Waals surface area (Å²) in [5.41, 5.74) is 4.54. The Kier molecular flexibility index (Phi) is 5.72. The number of nitrogens with one attached hydrogen (secondary N) is 2. The number of rotatable bonds is 6. The van der Waals surface area contributed by atoms with E-state index in [9.17, 15) is 4.79 Å². The lowest BCUT2D eigenvalue weighted by Crippen LogP contribution is -2.26. The van der Waals surface area contributed by atoms with Gasteiger partial charge in [-0.2, -0.15) is 10.4 Å². The van der Waals surface area contributed by atoms with Gasteiger partial charge in [0, 0.05) is 0 Å². The van der Waals surface area contributed by atoms with Crippen LogP contribution in [0.1, 0.15) is 11.1 Å². The molecule has 0 heterocycles. The summed E-state index contributed by atoms with van der Waals surface area (Å²) in [5, 5.41) is 15.6. The van der Waals surface area contributed by atoms with Gasteiger partial charge in [-0.05, 0) is 29.8 Å². The van der Waals surface area contributed by atoms with Gasteiger partial charge < -0.3 is 10.1 Å². The second-order valence-corrected chi connectivity index (χ2v) is 4.58. The van der Waals surface area contributed by atoms with Gasteiger partial charge in [0.2, 0.25) is 0 Å². The zero-order valence-electron chi connectivity index (χ0n) is 12.6. The standard InChI is InChI=1S/C17H16N4O2/c1-23-16-5-3-2-4-15(16)19-12-17(22)21-20-11-14-8-6-13(10-18)7-9-14/h2-9,11,19H,12H2,1H3,(H,21,22). The van der Waals surface area contributed by atoms with Gasteiger partial charge in [-0.15, -0.1) is 0 Å². The Morgan fingerprint density at radius 3 is 2.70 bits per heavy atom. The fourth-order valence-corrected chi connectivity index (χ4v) is 1.83. The number of ether oxygens (including phenoxy) is 1. The molecule has 0 atom stereocenters. The van der Waals surface area contributed by atoms with Crippen molar-refractivity contribution in [2.75, 3.05) is 19.0 Å². The Bertz CT molecular complexity index is 733. The van der Waals surface area contributed by atoms with Crippen LogP contribution in [0.5, 0.6) is 5.75 Å². The Labute approximate surface area is 134 Å². The van der Waals surface area contributed by atoms with Gasteiger partial charge >= 0.3 is 0 Å². The molecule has 0 radical (unpaired) electrons. The smallest absolute Gasteiger partial charge is 0.259 e. The molecule has 6 nitrogen and oxygen atoms in total. The van der Waals surface area contributed by atoms with E-state index in [0.29, 0.717) is 11.3 Å². The second-order valence-electron chi connectivity index (χ2n) is 4.58. The highest BCUT2D eigenvalue weighted by Gasteiger charge is 2.03. The summed E-state index contributed by atoms with van der Waals surface area (Å²) in [5.74, 6) is 0.391. The first-order chi connectivity index (χ1) is 11.2. The summed E-state index contributed by atoms with van der Waals surface area (Å²) < 4.78 is 5.19. The average molecular weight is 308 g/mol. The minimum atomic E-state index is -0.277. The Morgan fingerprint density at radius 2 is 2.00 bits per heavy atom. The van der Waals surface area contributed by atoms with Gasteiger partial charge in [0.05, 0.1) is 37.2 Å². The van der Waals surface area contributed by atoms with Gasteiger partial charge in [-0.3, -0.25) is 4.79 Å². The molecule has 2 rings (SSSR count). The highest BCUT2D eigenvalue weighted by Crippen LogP contribution is 2.22. The quantitative estimate of drug-likeness (QED) is 0.632. The van der Waals surface area contributed by atoms with Gasteiger partial charge in [-0.1, -0.05) is 24.3 Å². The molecular weight excluding hydrogens is 292 g/mol. The number of hydrazone groups is 1. The predicted octanol–water partition coefficient (Wildman–Crippen LogP) is 2.13. The van der Waals surface area contributed by atoms with Crippen molar-refractivity contribution in [3.63, 3.8) is 0 Å². The summed E-state index contributed by atoms with van der Waals surface area (Å²) in [4.78, 5) is 11.7. The van der Waals surface area contributed by atoms with E-state index < -0.39 is 0 Å². The van der Waals surface area contributed by atoms with Crippen LogP contribution in [0.4, 0.5) is 5.69 Å². The third-order valence-corrected chi connectivity index (χ3v) is 2.99. The molecule has 0 unspecified atom stereocenters. The number of anilines is 1. The molecule has 0 bridgehead atoms. The van der Waals surface area contributed by atoms with E-state index in [2.05, 4.69) is 15.8 Å². The first-order valence-corrected chi connectivity index (χ1v) is 6.92. The van der Waals surface area contributed by atoms with E-state index in [1.165, 1.54) is 6.21 Å². The number of nitrogens with zero attached hydrogens (tertiary/aromatic N) is 2. The lowest BCUT2D eigenvalue weighted by atomic mass is 10.2. The Hall–Kier alpha value is -3.33. The van der Waals surface area contributed by atoms with E-state index in [0.717, 1.165) is 11.3 Å². The van der Waals surface area contributed by atoms with Gasteiger partial charge in [0.15, 0.2) is 0 Å². The third kappa shape index (κ3) is 4.86. The SMILES string of the molecule is COc1ccccc1NCC(=O)NN=Cc1ccc(C#N)cc1. The summed E-state index contributed by atoms with van der Waals surface area (Å²) in [7, 11) is 1.57. The first kappa shape index (κ1) is 16.0. The van der Waals surface area contributed by atoms with E-state index >= 15 is 0 Å². The number of carbonyl (C=O) groups excluding carboxylic acids is 1. The van der Waals surface area contributed by atoms with Crippen molar-refractivity contribution in [3.8, 4) is 11.8 Å². The lowest BCUT2D eigenvalue weighted by Gasteiger charge is -2.09. The molecule has 116 valence electrons. The molecule has 0 aromatic heterocycles. The normalized spacial score (nSPS) is 10.1. The predicted molar refractivity (Wildman–Crippen MR) is 88.4 cm³/mol. The van der Waals surface area contributed by atoms with E-state index in [1.807, 2.05) is 30.3 Å². The topological polar surface area (TPSA) is 86.5 Å². The Morgan fingerprint density at radius 1 is 1.26 bits per heavy atom. The lowest BCUT2D eigenvalue weighted by molar-refractivity contribution is -0.119. The number of methoxy groups -OCH3 is 1. The summed E-state index contributed by atoms with van der Waals surface area (Å²) >= 11 is 0. The maximum atomic E-state index is 11.7. The summed E-state index contributed by atoms with van der Waals surface area (Å²) in [6.07, 6.45) is 1.52. The molecular formula is C17H16N4O2. The number of hydrogen-bond acceptors (Lipinski definition) is 5. The van der Waals surface area contributed by atoms with Crippen LogP contribution >= 0.6 is 0 Å². The number of para-hydroxylation sites is 2. The zero-order chi connectivity index (χ0) is 16.5. The molecule has 0 aliphatic heterocycles. The summed E-state index contributed by atoms with van der Waals surface area (Å²) in [6.45, 7) is 0.0745. The van der Waals surface area contributed by atoms with Crippen LogP contribution < -0.4 is 15.5 Å². The van der Waals surface area contributed by atoms with Gasteiger partial charge in [-0.25, -0.2) is 5.43 Å². The van der Waals surface area contributed by atoms with Gasteiger partial charge in [0.25, 0.3) is 5.91 Å². The number of nitriles is 1. The maximum absolute atomic E-state index is 11.7. The first-order valence-electron chi connectivity index (χ1n) is 6.92. The summed E-state index contributed by atoms with van der Waals surface area (Å²) in [6, 6.07) is 16.3. The van der Waals surface area contributed by atoms with Crippen LogP contribution in [0.25, 0.3) is 0 Å². The minimum Gasteiger partial charge on any atom is -0.495 e. The maximum Gasteiger partial charge on any atom is 0.259 e. The molecule has 0 saturated carbocycles. The molecule has 6 heteroatoms. The molecule has 0 fully saturated rings. The molecule has 2 aromatic rings. The number of carbonyl (C=O) groups is 1. The van der Waals surface area contributed by atoms with Crippen LogP contribution in [0.15, 0.2) is 53.6 Å². The second kappa shape index (κ2) is 8.20. The molecule has 0 aliphatic rings. The van der Waals surface area contributed by atoms with Crippen molar-refractivity contribution in [2.24, 2.45) is 5.10 Å². The number of hydrogen-bond donors (Lipinski definition) is 2. The third-order valence-electron chi connectivity index (χ3n) is 2.99. The van der Waals surface area contributed by atoms with Crippen molar-refractivity contribution in [1.29, 1.82) is 5.26 Å². The highest BCUT2D eigenvalue weighted by atomic mass is 16.5. The van der Waals surface area contributed by atoms with Crippen LogP contribution in [-0.4, -0.2) is 25.8 Å². The van der Waals surface area contributed by atoms with Crippen molar-refractivity contribution < 1.29 is 9.53 Å². The molecule has 2 aromatic carbocycles. The van der Waals surface area contributed by atoms with Crippen LogP contribution in [0.2, 0.25) is 0 Å². The monoisotopic (exact) mass is 308 g/mol. The van der Waals surface area contributed by atoms with Crippen LogP contribution in [0.3, 0.4) is 0 Å².